The van der Waals surface area contributed by atoms with Gasteiger partial charge < -0.3 is 31.7 Å². The molecular formula is C10H23N6O5P. The van der Waals surface area contributed by atoms with Gasteiger partial charge in [-0.25, -0.2) is 4.57 Å². The molecule has 0 amide bonds. The number of hydrogen-bond donors (Lipinski definition) is 5. The zero-order valence-electron chi connectivity index (χ0n) is 12.8. The molecule has 12 heteroatoms. The van der Waals surface area contributed by atoms with E-state index in [2.05, 4.69) is 19.5 Å². The molecule has 1 rings (SSSR count). The van der Waals surface area contributed by atoms with Crippen molar-refractivity contribution >= 4 is 25.7 Å². The highest BCUT2D eigenvalue weighted by molar-refractivity contribution is 7.46. The summed E-state index contributed by atoms with van der Waals surface area (Å²) in [7, 11) is -4.33. The first-order valence-electron chi connectivity index (χ1n) is 6.19. The van der Waals surface area contributed by atoms with Crippen molar-refractivity contribution in [3.63, 3.8) is 0 Å². The Labute approximate surface area is 128 Å². The van der Waals surface area contributed by atoms with Crippen LogP contribution in [0.2, 0.25) is 0 Å². The summed E-state index contributed by atoms with van der Waals surface area (Å²) in [5.41, 5.74) is 15.5. The Kier molecular flexibility index (Phi) is 8.20. The van der Waals surface area contributed by atoms with Gasteiger partial charge in [0.05, 0.1) is 19.8 Å². The molecule has 0 spiro atoms. The Bertz CT molecular complexity index is 453. The molecule has 128 valence electrons. The highest BCUT2D eigenvalue weighted by atomic mass is 31.2. The van der Waals surface area contributed by atoms with Gasteiger partial charge in [-0.15, -0.1) is 0 Å². The van der Waals surface area contributed by atoms with E-state index in [0.29, 0.717) is 6.61 Å². The van der Waals surface area contributed by atoms with Crippen LogP contribution in [0.3, 0.4) is 0 Å². The van der Waals surface area contributed by atoms with E-state index >= 15 is 0 Å². The molecular weight excluding hydrogens is 315 g/mol. The third-order valence-electron chi connectivity index (χ3n) is 1.71. The van der Waals surface area contributed by atoms with E-state index in [1.54, 1.807) is 0 Å². The molecule has 0 aliphatic heterocycles. The molecule has 0 aliphatic carbocycles. The lowest BCUT2D eigenvalue weighted by Gasteiger charge is -2.17. The van der Waals surface area contributed by atoms with Crippen molar-refractivity contribution in [1.82, 2.24) is 15.0 Å². The SMILES string of the molecule is CC(C)(C)COCCOP(=O)(O)O.Nc1nc(N)nc(N)n1. The zero-order chi connectivity index (χ0) is 17.4. The van der Waals surface area contributed by atoms with Crippen LogP contribution < -0.4 is 17.2 Å². The largest absolute Gasteiger partial charge is 0.469 e. The maximum absolute atomic E-state index is 10.2. The molecule has 8 N–H and O–H groups in total. The Morgan fingerprint density at radius 3 is 1.73 bits per heavy atom. The number of phosphoric ester groups is 1. The van der Waals surface area contributed by atoms with Gasteiger partial charge in [-0.1, -0.05) is 20.8 Å². The summed E-state index contributed by atoms with van der Waals surface area (Å²) in [5.74, 6) is 0.125. The van der Waals surface area contributed by atoms with E-state index in [1.807, 2.05) is 20.8 Å². The molecule has 1 aromatic heterocycles. The molecule has 0 aliphatic rings. The number of ether oxygens (including phenoxy) is 1. The topological polar surface area (TPSA) is 193 Å². The molecule has 22 heavy (non-hydrogen) atoms. The Morgan fingerprint density at radius 2 is 1.41 bits per heavy atom. The van der Waals surface area contributed by atoms with Gasteiger partial charge in [-0.05, 0) is 5.41 Å². The van der Waals surface area contributed by atoms with Gasteiger partial charge in [0.25, 0.3) is 0 Å². The number of aromatic nitrogens is 3. The summed E-state index contributed by atoms with van der Waals surface area (Å²) in [6, 6.07) is 0. The Balaban J connectivity index is 0.000000425. The summed E-state index contributed by atoms with van der Waals surface area (Å²) < 4.78 is 19.5. The number of hydrogen-bond acceptors (Lipinski definition) is 9. The number of rotatable bonds is 5. The van der Waals surface area contributed by atoms with Crippen molar-refractivity contribution in [2.75, 3.05) is 37.0 Å². The minimum absolute atomic E-state index is 0.0417. The van der Waals surface area contributed by atoms with E-state index in [4.69, 9.17) is 31.7 Å². The van der Waals surface area contributed by atoms with Crippen molar-refractivity contribution in [3.8, 4) is 0 Å². The van der Waals surface area contributed by atoms with Gasteiger partial charge in [0.1, 0.15) is 0 Å². The summed E-state index contributed by atoms with van der Waals surface area (Å²) >= 11 is 0. The second-order valence-electron chi connectivity index (χ2n) is 5.35. The highest BCUT2D eigenvalue weighted by Crippen LogP contribution is 2.35. The van der Waals surface area contributed by atoms with E-state index in [9.17, 15) is 4.57 Å². The van der Waals surface area contributed by atoms with Crippen LogP contribution in [0, 0.1) is 5.41 Å². The lowest BCUT2D eigenvalue weighted by atomic mass is 9.99. The molecule has 0 bridgehead atoms. The Morgan fingerprint density at radius 1 is 1.00 bits per heavy atom. The number of nitrogen functional groups attached to an aromatic ring is 3. The molecule has 0 aromatic carbocycles. The van der Waals surface area contributed by atoms with Crippen molar-refractivity contribution in [2.24, 2.45) is 5.41 Å². The molecule has 0 saturated carbocycles. The van der Waals surface area contributed by atoms with Crippen molar-refractivity contribution in [2.45, 2.75) is 20.8 Å². The predicted octanol–water partition coefficient (Wildman–Crippen LogP) is -0.223. The van der Waals surface area contributed by atoms with Crippen LogP contribution >= 0.6 is 7.82 Å². The van der Waals surface area contributed by atoms with E-state index < -0.39 is 7.82 Å². The summed E-state index contributed by atoms with van der Waals surface area (Å²) in [6.07, 6.45) is 0. The van der Waals surface area contributed by atoms with Crippen LogP contribution in [0.15, 0.2) is 0 Å². The quantitative estimate of drug-likeness (QED) is 0.352. The minimum atomic E-state index is -4.33. The minimum Gasteiger partial charge on any atom is -0.378 e. The average Bonchev–Trinajstić information content (AvgIpc) is 2.23. The number of nitrogens with zero attached hydrogens (tertiary/aromatic N) is 3. The summed E-state index contributed by atoms with van der Waals surface area (Å²) in [6.45, 7) is 6.69. The van der Waals surface area contributed by atoms with E-state index in [1.165, 1.54) is 0 Å². The van der Waals surface area contributed by atoms with Gasteiger partial charge in [0.15, 0.2) is 0 Å². The van der Waals surface area contributed by atoms with Gasteiger partial charge in [-0.2, -0.15) is 15.0 Å². The van der Waals surface area contributed by atoms with Gasteiger partial charge >= 0.3 is 7.82 Å². The van der Waals surface area contributed by atoms with Crippen LogP contribution in [-0.2, 0) is 13.8 Å². The molecule has 0 radical (unpaired) electrons. The molecule has 0 saturated heterocycles. The standard InChI is InChI=1S/C7H17O5P.C3H6N6/c1-7(2,3)6-11-4-5-12-13(8,9)10;4-1-7-2(5)9-3(6)8-1/h4-6H2,1-3H3,(H2,8,9,10);(H6,4,5,6,7,8,9). The molecule has 1 aromatic rings. The zero-order valence-corrected chi connectivity index (χ0v) is 13.7. The second kappa shape index (κ2) is 8.81. The molecule has 11 nitrogen and oxygen atoms in total. The normalized spacial score (nSPS) is 11.7. The fourth-order valence-electron chi connectivity index (χ4n) is 1.02. The maximum atomic E-state index is 10.2. The number of anilines is 3. The fraction of sp³-hybridized carbons (Fsp3) is 0.700. The highest BCUT2D eigenvalue weighted by Gasteiger charge is 2.14. The van der Waals surface area contributed by atoms with Crippen LogP contribution in [0.1, 0.15) is 20.8 Å². The fourth-order valence-corrected chi connectivity index (χ4v) is 1.33. The smallest absolute Gasteiger partial charge is 0.378 e. The second-order valence-corrected chi connectivity index (χ2v) is 6.59. The molecule has 1 heterocycles. The lowest BCUT2D eigenvalue weighted by molar-refractivity contribution is 0.0444. The van der Waals surface area contributed by atoms with Gasteiger partial charge in [0, 0.05) is 0 Å². The first kappa shape index (κ1) is 20.5. The van der Waals surface area contributed by atoms with Gasteiger partial charge in [0.2, 0.25) is 17.8 Å². The molecule has 0 unspecified atom stereocenters. The Hall–Kier alpha value is -1.52. The summed E-state index contributed by atoms with van der Waals surface area (Å²) in [5, 5.41) is 0. The molecule has 0 fully saturated rings. The van der Waals surface area contributed by atoms with Crippen molar-refractivity contribution in [3.05, 3.63) is 0 Å². The van der Waals surface area contributed by atoms with Crippen LogP contribution in [0.25, 0.3) is 0 Å². The first-order chi connectivity index (χ1) is 9.89. The van der Waals surface area contributed by atoms with E-state index in [-0.39, 0.29) is 36.5 Å². The van der Waals surface area contributed by atoms with Gasteiger partial charge in [-0.3, -0.25) is 4.52 Å². The van der Waals surface area contributed by atoms with Crippen LogP contribution in [-0.4, -0.2) is 44.6 Å². The predicted molar refractivity (Wildman–Crippen MR) is 81.3 cm³/mol. The summed E-state index contributed by atoms with van der Waals surface area (Å²) in [4.78, 5) is 27.1. The molecule has 0 atom stereocenters. The maximum Gasteiger partial charge on any atom is 0.469 e. The van der Waals surface area contributed by atoms with E-state index in [0.717, 1.165) is 0 Å². The lowest BCUT2D eigenvalue weighted by Crippen LogP contribution is -2.16. The van der Waals surface area contributed by atoms with Crippen molar-refractivity contribution in [1.29, 1.82) is 0 Å². The monoisotopic (exact) mass is 338 g/mol. The van der Waals surface area contributed by atoms with Crippen LogP contribution in [0.4, 0.5) is 17.8 Å². The number of phosphoric acid groups is 1. The van der Waals surface area contributed by atoms with Crippen molar-refractivity contribution < 1.29 is 23.6 Å². The average molecular weight is 338 g/mol. The first-order valence-corrected chi connectivity index (χ1v) is 7.72. The third kappa shape index (κ3) is 13.5. The third-order valence-corrected chi connectivity index (χ3v) is 2.23. The number of nitrogens with two attached hydrogens (primary N) is 3. The van der Waals surface area contributed by atoms with Crippen LogP contribution in [0.5, 0.6) is 0 Å².